The molecule has 1 unspecified atom stereocenters. The van der Waals surface area contributed by atoms with Gasteiger partial charge in [0.2, 0.25) is 0 Å². The summed E-state index contributed by atoms with van der Waals surface area (Å²) in [6.45, 7) is 1.85. The first kappa shape index (κ1) is 11.5. The minimum absolute atomic E-state index is 0.201. The number of fused-ring (bicyclic) bond motifs is 1. The summed E-state index contributed by atoms with van der Waals surface area (Å²) in [5, 5.41) is 10.1. The summed E-state index contributed by atoms with van der Waals surface area (Å²) in [5.74, 6) is 0.576. The summed E-state index contributed by atoms with van der Waals surface area (Å²) in [6.07, 6.45) is 0.157. The Morgan fingerprint density at radius 3 is 2.94 bits per heavy atom. The third-order valence-electron chi connectivity index (χ3n) is 2.31. The van der Waals surface area contributed by atoms with Crippen LogP contribution in [0.3, 0.4) is 0 Å². The molecule has 88 valence electrons. The molecule has 0 aliphatic rings. The van der Waals surface area contributed by atoms with Gasteiger partial charge in [-0.25, -0.2) is 4.98 Å². The van der Waals surface area contributed by atoms with Gasteiger partial charge in [0.1, 0.15) is 23.6 Å². The third kappa shape index (κ3) is 2.60. The second-order valence-electron chi connectivity index (χ2n) is 3.84. The summed E-state index contributed by atoms with van der Waals surface area (Å²) >= 11 is 0. The Kier molecular flexibility index (Phi) is 3.35. The van der Waals surface area contributed by atoms with Gasteiger partial charge in [-0.15, -0.1) is 0 Å². The molecule has 1 atom stereocenters. The number of rotatable bonds is 4. The molecule has 0 spiro atoms. The molecular formula is C13H13NO3. The molecule has 0 fully saturated rings. The van der Waals surface area contributed by atoms with E-state index >= 15 is 0 Å². The van der Waals surface area contributed by atoms with Crippen molar-refractivity contribution in [2.75, 3.05) is 6.61 Å². The first-order valence-electron chi connectivity index (χ1n) is 5.36. The van der Waals surface area contributed by atoms with E-state index in [0.717, 1.165) is 5.39 Å². The normalized spacial score (nSPS) is 12.4. The Bertz CT molecular complexity index is 537. The van der Waals surface area contributed by atoms with Crippen molar-refractivity contribution in [1.29, 1.82) is 0 Å². The lowest BCUT2D eigenvalue weighted by molar-refractivity contribution is 0.111. The molecule has 0 aliphatic carbocycles. The van der Waals surface area contributed by atoms with Gasteiger partial charge in [0.15, 0.2) is 6.29 Å². The van der Waals surface area contributed by atoms with Crippen molar-refractivity contribution in [3.05, 3.63) is 36.0 Å². The summed E-state index contributed by atoms with van der Waals surface area (Å²) in [4.78, 5) is 14.9. The van der Waals surface area contributed by atoms with E-state index in [4.69, 9.17) is 4.74 Å². The van der Waals surface area contributed by atoms with Gasteiger partial charge in [-0.2, -0.15) is 0 Å². The lowest BCUT2D eigenvalue weighted by Crippen LogP contribution is -2.13. The molecule has 1 heterocycles. The van der Waals surface area contributed by atoms with Gasteiger partial charge in [-0.1, -0.05) is 18.2 Å². The van der Waals surface area contributed by atoms with Crippen molar-refractivity contribution >= 4 is 17.2 Å². The van der Waals surface area contributed by atoms with Gasteiger partial charge in [-0.05, 0) is 19.1 Å². The molecule has 0 aliphatic heterocycles. The number of ether oxygens (including phenoxy) is 1. The molecule has 0 saturated heterocycles. The van der Waals surface area contributed by atoms with Crippen LogP contribution in [0.15, 0.2) is 30.3 Å². The molecule has 0 bridgehead atoms. The standard InChI is InChI=1S/C13H13NO3/c1-9(16)8-17-12-4-2-3-10-5-6-11(7-15)14-13(10)12/h2-7,9,16H,8H2,1H3. The number of aldehydes is 1. The SMILES string of the molecule is CC(O)COc1cccc2ccc(C=O)nc12. The zero-order chi connectivity index (χ0) is 12.3. The van der Waals surface area contributed by atoms with Crippen molar-refractivity contribution < 1.29 is 14.6 Å². The number of benzene rings is 1. The van der Waals surface area contributed by atoms with E-state index in [0.29, 0.717) is 23.2 Å². The number of pyridine rings is 1. The van der Waals surface area contributed by atoms with Crippen LogP contribution in [0, 0.1) is 0 Å². The third-order valence-corrected chi connectivity index (χ3v) is 2.31. The molecule has 2 rings (SSSR count). The van der Waals surface area contributed by atoms with Crippen LogP contribution in [-0.4, -0.2) is 29.1 Å². The maximum Gasteiger partial charge on any atom is 0.168 e. The lowest BCUT2D eigenvalue weighted by atomic mass is 10.2. The zero-order valence-electron chi connectivity index (χ0n) is 9.46. The minimum atomic E-state index is -0.542. The van der Waals surface area contributed by atoms with Crippen LogP contribution in [0.4, 0.5) is 0 Å². The molecule has 1 aromatic carbocycles. The number of hydrogen-bond acceptors (Lipinski definition) is 4. The number of para-hydroxylation sites is 1. The molecule has 0 saturated carbocycles. The Hall–Kier alpha value is -1.94. The second-order valence-corrected chi connectivity index (χ2v) is 3.84. The Labute approximate surface area is 98.9 Å². The Morgan fingerprint density at radius 1 is 1.41 bits per heavy atom. The molecule has 0 amide bonds. The predicted molar refractivity (Wildman–Crippen MR) is 64.3 cm³/mol. The van der Waals surface area contributed by atoms with Crippen molar-refractivity contribution in [2.45, 2.75) is 13.0 Å². The molecule has 4 nitrogen and oxygen atoms in total. The summed E-state index contributed by atoms with van der Waals surface area (Å²) in [5.41, 5.74) is 1.00. The molecule has 2 aromatic rings. The highest BCUT2D eigenvalue weighted by Crippen LogP contribution is 2.23. The predicted octanol–water partition coefficient (Wildman–Crippen LogP) is 1.81. The average Bonchev–Trinajstić information content (AvgIpc) is 2.35. The maximum atomic E-state index is 10.7. The van der Waals surface area contributed by atoms with Crippen molar-refractivity contribution in [1.82, 2.24) is 4.98 Å². The van der Waals surface area contributed by atoms with Gasteiger partial charge < -0.3 is 9.84 Å². The number of carbonyl (C=O) groups excluding carboxylic acids is 1. The summed E-state index contributed by atoms with van der Waals surface area (Å²) in [7, 11) is 0. The highest BCUT2D eigenvalue weighted by Gasteiger charge is 2.06. The van der Waals surface area contributed by atoms with E-state index in [1.54, 1.807) is 19.1 Å². The van der Waals surface area contributed by atoms with Gasteiger partial charge in [0.25, 0.3) is 0 Å². The van der Waals surface area contributed by atoms with Crippen LogP contribution in [-0.2, 0) is 0 Å². The average molecular weight is 231 g/mol. The largest absolute Gasteiger partial charge is 0.489 e. The van der Waals surface area contributed by atoms with Crippen molar-refractivity contribution in [3.63, 3.8) is 0 Å². The monoisotopic (exact) mass is 231 g/mol. The van der Waals surface area contributed by atoms with Crippen LogP contribution >= 0.6 is 0 Å². The van der Waals surface area contributed by atoms with Crippen LogP contribution in [0.1, 0.15) is 17.4 Å². The molecule has 4 heteroatoms. The fraction of sp³-hybridized carbons (Fsp3) is 0.231. The number of hydrogen-bond donors (Lipinski definition) is 1. The first-order valence-corrected chi connectivity index (χ1v) is 5.36. The van der Waals surface area contributed by atoms with E-state index in [1.165, 1.54) is 0 Å². The quantitative estimate of drug-likeness (QED) is 0.815. The fourth-order valence-electron chi connectivity index (χ4n) is 1.53. The van der Waals surface area contributed by atoms with Crippen LogP contribution in [0.25, 0.3) is 10.9 Å². The molecule has 1 N–H and O–H groups in total. The van der Waals surface area contributed by atoms with Gasteiger partial charge in [0, 0.05) is 5.39 Å². The minimum Gasteiger partial charge on any atom is -0.489 e. The Balaban J connectivity index is 2.43. The summed E-state index contributed by atoms with van der Waals surface area (Å²) in [6, 6.07) is 9.00. The highest BCUT2D eigenvalue weighted by atomic mass is 16.5. The number of aliphatic hydroxyl groups excluding tert-OH is 1. The van der Waals surface area contributed by atoms with E-state index in [9.17, 15) is 9.90 Å². The maximum absolute atomic E-state index is 10.7. The van der Waals surface area contributed by atoms with Crippen LogP contribution < -0.4 is 4.74 Å². The number of aromatic nitrogens is 1. The number of aliphatic hydroxyl groups is 1. The lowest BCUT2D eigenvalue weighted by Gasteiger charge is -2.10. The molecule has 1 aromatic heterocycles. The van der Waals surface area contributed by atoms with Crippen LogP contribution in [0.5, 0.6) is 5.75 Å². The fourth-order valence-corrected chi connectivity index (χ4v) is 1.53. The second kappa shape index (κ2) is 4.93. The van der Waals surface area contributed by atoms with Crippen molar-refractivity contribution in [2.24, 2.45) is 0 Å². The van der Waals surface area contributed by atoms with E-state index < -0.39 is 6.10 Å². The topological polar surface area (TPSA) is 59.4 Å². The molecule has 0 radical (unpaired) electrons. The number of nitrogens with zero attached hydrogens (tertiary/aromatic N) is 1. The molecule has 17 heavy (non-hydrogen) atoms. The highest BCUT2D eigenvalue weighted by molar-refractivity contribution is 5.87. The van der Waals surface area contributed by atoms with Gasteiger partial charge in [0.05, 0.1) is 6.10 Å². The first-order chi connectivity index (χ1) is 8.20. The molecular weight excluding hydrogens is 218 g/mol. The summed E-state index contributed by atoms with van der Waals surface area (Å²) < 4.78 is 5.45. The van der Waals surface area contributed by atoms with Gasteiger partial charge in [-0.3, -0.25) is 4.79 Å². The number of carbonyl (C=O) groups is 1. The van der Waals surface area contributed by atoms with Gasteiger partial charge >= 0.3 is 0 Å². The van der Waals surface area contributed by atoms with Crippen molar-refractivity contribution in [3.8, 4) is 5.75 Å². The smallest absolute Gasteiger partial charge is 0.168 e. The van der Waals surface area contributed by atoms with E-state index in [-0.39, 0.29) is 6.61 Å². The zero-order valence-corrected chi connectivity index (χ0v) is 9.46. The Morgan fingerprint density at radius 2 is 2.24 bits per heavy atom. The van der Waals surface area contributed by atoms with E-state index in [1.807, 2.05) is 18.2 Å². The van der Waals surface area contributed by atoms with Crippen LogP contribution in [0.2, 0.25) is 0 Å². The van der Waals surface area contributed by atoms with E-state index in [2.05, 4.69) is 4.98 Å².